The molecule has 3 heterocycles. The highest BCUT2D eigenvalue weighted by atomic mass is 16.2. The van der Waals surface area contributed by atoms with Crippen LogP contribution in [0.4, 0.5) is 10.5 Å². The second kappa shape index (κ2) is 17.1. The molecule has 0 spiro atoms. The van der Waals surface area contributed by atoms with Gasteiger partial charge < -0.3 is 15.1 Å². The quantitative estimate of drug-likeness (QED) is 0.208. The van der Waals surface area contributed by atoms with Crippen LogP contribution in [-0.4, -0.2) is 99.9 Å². The maximum absolute atomic E-state index is 13.5. The van der Waals surface area contributed by atoms with E-state index in [4.69, 9.17) is 0 Å². The number of hydrogen-bond acceptors (Lipinski definition) is 8. The van der Waals surface area contributed by atoms with E-state index in [-0.39, 0.29) is 18.5 Å². The number of anilines is 1. The molecule has 7 rings (SSSR count). The Morgan fingerprint density at radius 2 is 1.25 bits per heavy atom. The summed E-state index contributed by atoms with van der Waals surface area (Å²) in [6.07, 6.45) is 1.88. The summed E-state index contributed by atoms with van der Waals surface area (Å²) in [7, 11) is 0. The summed E-state index contributed by atoms with van der Waals surface area (Å²) < 4.78 is 1.64. The Kier molecular flexibility index (Phi) is 11.5. The number of carbonyl (C=O) groups is 3. The van der Waals surface area contributed by atoms with Crippen molar-refractivity contribution in [1.82, 2.24) is 40.3 Å². The van der Waals surface area contributed by atoms with Crippen molar-refractivity contribution >= 4 is 23.5 Å². The molecule has 0 saturated carbocycles. The molecule has 0 aliphatic carbocycles. The van der Waals surface area contributed by atoms with E-state index in [1.807, 2.05) is 71.8 Å². The Labute approximate surface area is 310 Å². The van der Waals surface area contributed by atoms with Gasteiger partial charge in [-0.3, -0.25) is 24.7 Å². The molecule has 2 saturated heterocycles. The average Bonchev–Trinajstić information content (AvgIpc) is 3.65. The lowest BCUT2D eigenvalue weighted by molar-refractivity contribution is -0.134. The van der Waals surface area contributed by atoms with Crippen molar-refractivity contribution in [2.75, 3.05) is 57.3 Å². The number of aromatic nitrogens is 3. The van der Waals surface area contributed by atoms with Crippen LogP contribution in [-0.2, 0) is 17.9 Å². The number of hydrogen-bond donors (Lipinski definition) is 2. The first kappa shape index (κ1) is 35.5. The number of imide groups is 1. The van der Waals surface area contributed by atoms with Crippen molar-refractivity contribution in [1.29, 1.82) is 0 Å². The van der Waals surface area contributed by atoms with Crippen molar-refractivity contribution in [3.05, 3.63) is 150 Å². The standard InChI is InChI=1S/C41H45N9O3/c51-37(31-50-30-35(44-45-50)29-46-21-23-47(24-22-46)36-19-11-4-12-20-36)48-25-27-49(28-26-48)39(33-15-7-2-8-16-33)38(32-13-5-1-6-14-32)42-41(53)43-40(52)34-17-9-3-10-18-34/h1-20,30,38-39H,21-29,31H2,(H2,42,43,52,53)/t38-,39+/m1/s1. The third-order valence-corrected chi connectivity index (χ3v) is 9.99. The van der Waals surface area contributed by atoms with Gasteiger partial charge in [0.25, 0.3) is 5.91 Å². The molecule has 0 unspecified atom stereocenters. The molecule has 0 bridgehead atoms. The van der Waals surface area contributed by atoms with E-state index in [1.54, 1.807) is 28.9 Å². The monoisotopic (exact) mass is 711 g/mol. The lowest BCUT2D eigenvalue weighted by Crippen LogP contribution is -2.53. The number of para-hydroxylation sites is 1. The number of urea groups is 1. The predicted octanol–water partition coefficient (Wildman–Crippen LogP) is 4.37. The maximum atomic E-state index is 13.5. The molecule has 2 aliphatic rings. The summed E-state index contributed by atoms with van der Waals surface area (Å²) in [6, 6.07) is 37.7. The summed E-state index contributed by atoms with van der Waals surface area (Å²) in [5.74, 6) is -0.482. The minimum Gasteiger partial charge on any atom is -0.369 e. The van der Waals surface area contributed by atoms with E-state index < -0.39 is 18.0 Å². The molecule has 53 heavy (non-hydrogen) atoms. The van der Waals surface area contributed by atoms with E-state index in [0.29, 0.717) is 38.3 Å². The van der Waals surface area contributed by atoms with Gasteiger partial charge in [0.2, 0.25) is 5.91 Å². The molecule has 12 heteroatoms. The van der Waals surface area contributed by atoms with Gasteiger partial charge >= 0.3 is 6.03 Å². The summed E-state index contributed by atoms with van der Waals surface area (Å²) in [6.45, 7) is 6.85. The Hall–Kier alpha value is -5.85. The highest BCUT2D eigenvalue weighted by molar-refractivity contribution is 6.04. The van der Waals surface area contributed by atoms with Crippen molar-refractivity contribution in [2.45, 2.75) is 25.2 Å². The van der Waals surface area contributed by atoms with Gasteiger partial charge in [-0.05, 0) is 35.4 Å². The molecule has 2 fully saturated rings. The third kappa shape index (κ3) is 9.15. The second-order valence-corrected chi connectivity index (χ2v) is 13.5. The molecule has 272 valence electrons. The molecule has 2 N–H and O–H groups in total. The molecule has 2 aliphatic heterocycles. The molecule has 4 aromatic carbocycles. The number of piperazine rings is 2. The van der Waals surface area contributed by atoms with Crippen LogP contribution in [0.15, 0.2) is 128 Å². The summed E-state index contributed by atoms with van der Waals surface area (Å²) in [5.41, 5.74) is 4.43. The van der Waals surface area contributed by atoms with Crippen molar-refractivity contribution in [3.63, 3.8) is 0 Å². The van der Waals surface area contributed by atoms with E-state index in [1.165, 1.54) is 5.69 Å². The lowest BCUT2D eigenvalue weighted by Gasteiger charge is -2.42. The Morgan fingerprint density at radius 1 is 0.660 bits per heavy atom. The van der Waals surface area contributed by atoms with Crippen LogP contribution in [0.2, 0.25) is 0 Å². The number of benzene rings is 4. The van der Waals surface area contributed by atoms with Gasteiger partial charge in [-0.15, -0.1) is 5.10 Å². The zero-order valence-electron chi connectivity index (χ0n) is 29.7. The van der Waals surface area contributed by atoms with Gasteiger partial charge in [0, 0.05) is 70.2 Å². The third-order valence-electron chi connectivity index (χ3n) is 9.99. The summed E-state index contributed by atoms with van der Waals surface area (Å²) in [4.78, 5) is 48.7. The zero-order chi connectivity index (χ0) is 36.4. The molecule has 0 radical (unpaired) electrons. The van der Waals surface area contributed by atoms with Gasteiger partial charge in [0.1, 0.15) is 6.54 Å². The van der Waals surface area contributed by atoms with Gasteiger partial charge in [-0.1, -0.05) is 102 Å². The SMILES string of the molecule is O=C(NC(=O)c1ccccc1)N[C@H](c1ccccc1)[C@H](c1ccccc1)N1CCN(C(=O)Cn2cc(CN3CCN(c4ccccc4)CC3)nn2)CC1. The first-order chi connectivity index (χ1) is 26.0. The largest absolute Gasteiger partial charge is 0.369 e. The van der Waals surface area contributed by atoms with Gasteiger partial charge in [-0.2, -0.15) is 0 Å². The summed E-state index contributed by atoms with van der Waals surface area (Å²) >= 11 is 0. The van der Waals surface area contributed by atoms with Crippen LogP contribution in [0.3, 0.4) is 0 Å². The smallest absolute Gasteiger partial charge is 0.322 e. The van der Waals surface area contributed by atoms with Crippen molar-refractivity contribution < 1.29 is 14.4 Å². The fourth-order valence-electron chi connectivity index (χ4n) is 7.22. The highest BCUT2D eigenvalue weighted by Crippen LogP contribution is 2.35. The molecular formula is C41H45N9O3. The molecule has 4 amide bonds. The predicted molar refractivity (Wildman–Crippen MR) is 203 cm³/mol. The Balaban J connectivity index is 0.973. The first-order valence-electron chi connectivity index (χ1n) is 18.2. The molecule has 12 nitrogen and oxygen atoms in total. The van der Waals surface area contributed by atoms with Crippen molar-refractivity contribution in [2.24, 2.45) is 0 Å². The normalized spacial score (nSPS) is 16.5. The van der Waals surface area contributed by atoms with E-state index in [0.717, 1.165) is 43.0 Å². The van der Waals surface area contributed by atoms with Crippen LogP contribution in [0.1, 0.15) is 39.3 Å². The highest BCUT2D eigenvalue weighted by Gasteiger charge is 2.35. The van der Waals surface area contributed by atoms with Gasteiger partial charge in [0.05, 0.1) is 24.0 Å². The van der Waals surface area contributed by atoms with Crippen LogP contribution in [0.25, 0.3) is 0 Å². The Morgan fingerprint density at radius 3 is 1.89 bits per heavy atom. The maximum Gasteiger partial charge on any atom is 0.322 e. The lowest BCUT2D eigenvalue weighted by atomic mass is 9.91. The number of nitrogens with one attached hydrogen (secondary N) is 2. The zero-order valence-corrected chi connectivity index (χ0v) is 29.7. The van der Waals surface area contributed by atoms with Crippen LogP contribution in [0.5, 0.6) is 0 Å². The number of nitrogens with zero attached hydrogens (tertiary/aromatic N) is 7. The minimum absolute atomic E-state index is 0.00891. The minimum atomic E-state index is -0.580. The number of carbonyl (C=O) groups excluding carboxylic acids is 3. The van der Waals surface area contributed by atoms with Crippen LogP contribution >= 0.6 is 0 Å². The first-order valence-corrected chi connectivity index (χ1v) is 18.2. The van der Waals surface area contributed by atoms with E-state index in [9.17, 15) is 14.4 Å². The molecule has 2 atom stereocenters. The van der Waals surface area contributed by atoms with Crippen molar-refractivity contribution in [3.8, 4) is 0 Å². The fourth-order valence-corrected chi connectivity index (χ4v) is 7.22. The average molecular weight is 712 g/mol. The second-order valence-electron chi connectivity index (χ2n) is 13.5. The molecule has 5 aromatic rings. The van der Waals surface area contributed by atoms with Gasteiger partial charge in [0.15, 0.2) is 0 Å². The number of rotatable bonds is 11. The molecule has 1 aromatic heterocycles. The number of amides is 4. The summed E-state index contributed by atoms with van der Waals surface area (Å²) in [5, 5.41) is 14.3. The van der Waals surface area contributed by atoms with Crippen LogP contribution < -0.4 is 15.5 Å². The van der Waals surface area contributed by atoms with Crippen LogP contribution in [0, 0.1) is 0 Å². The van der Waals surface area contributed by atoms with E-state index >= 15 is 0 Å². The Bertz CT molecular complexity index is 1930. The van der Waals surface area contributed by atoms with Gasteiger partial charge in [-0.25, -0.2) is 9.48 Å². The van der Waals surface area contributed by atoms with E-state index in [2.05, 4.69) is 72.0 Å². The fraction of sp³-hybridized carbons (Fsp3) is 0.293. The topological polar surface area (TPSA) is 119 Å². The molecular weight excluding hydrogens is 667 g/mol.